The number of carbonyl (C=O) groups is 2. The van der Waals surface area contributed by atoms with E-state index in [-0.39, 0.29) is 11.9 Å². The summed E-state index contributed by atoms with van der Waals surface area (Å²) in [4.78, 5) is 27.3. The average molecular weight is 345 g/mol. The van der Waals surface area contributed by atoms with Crippen molar-refractivity contribution >= 4 is 11.9 Å². The predicted molar refractivity (Wildman–Crippen MR) is 95.2 cm³/mol. The summed E-state index contributed by atoms with van der Waals surface area (Å²) in [5.41, 5.74) is 6.82. The van der Waals surface area contributed by atoms with Gasteiger partial charge in [0.15, 0.2) is 0 Å². The van der Waals surface area contributed by atoms with Gasteiger partial charge in [0.25, 0.3) is 0 Å². The van der Waals surface area contributed by atoms with Gasteiger partial charge in [-0.25, -0.2) is 4.79 Å². The molecule has 1 saturated heterocycles. The molecule has 6 heteroatoms. The lowest BCUT2D eigenvalue weighted by Crippen LogP contribution is -2.59. The molecule has 25 heavy (non-hydrogen) atoms. The second-order valence-electron chi connectivity index (χ2n) is 7.80. The minimum atomic E-state index is -0.824. The second kappa shape index (κ2) is 6.42. The van der Waals surface area contributed by atoms with Gasteiger partial charge >= 0.3 is 5.97 Å². The molecule has 1 heterocycles. The van der Waals surface area contributed by atoms with Gasteiger partial charge in [0, 0.05) is 26.2 Å². The number of carbonyl (C=O) groups excluding carboxylic acids is 2. The Morgan fingerprint density at radius 2 is 1.92 bits per heavy atom. The Hall–Kier alpha value is -1.92. The highest BCUT2D eigenvalue weighted by Gasteiger charge is 2.49. The highest BCUT2D eigenvalue weighted by atomic mass is 16.6. The fourth-order valence-corrected chi connectivity index (χ4v) is 4.00. The van der Waals surface area contributed by atoms with Gasteiger partial charge < -0.3 is 15.8 Å². The maximum absolute atomic E-state index is 12.6. The number of rotatable bonds is 3. The van der Waals surface area contributed by atoms with E-state index in [2.05, 4.69) is 10.2 Å². The fraction of sp³-hybridized carbons (Fsp3) is 0.579. The summed E-state index contributed by atoms with van der Waals surface area (Å²) in [5, 5.41) is 3.31. The van der Waals surface area contributed by atoms with Crippen LogP contribution in [0.4, 0.5) is 0 Å². The quantitative estimate of drug-likeness (QED) is 0.804. The third kappa shape index (κ3) is 3.16. The van der Waals surface area contributed by atoms with Crippen LogP contribution in [0.5, 0.6) is 0 Å². The van der Waals surface area contributed by atoms with E-state index in [1.807, 2.05) is 32.9 Å². The van der Waals surface area contributed by atoms with E-state index in [0.717, 1.165) is 37.3 Å². The number of amides is 1. The number of piperazine rings is 1. The summed E-state index contributed by atoms with van der Waals surface area (Å²) in [6.45, 7) is 8.73. The Morgan fingerprint density at radius 3 is 2.52 bits per heavy atom. The van der Waals surface area contributed by atoms with E-state index < -0.39 is 11.1 Å². The number of hydrogen-bond donors (Lipinski definition) is 2. The molecule has 6 nitrogen and oxygen atoms in total. The van der Waals surface area contributed by atoms with E-state index in [1.54, 1.807) is 6.07 Å². The van der Waals surface area contributed by atoms with Crippen LogP contribution in [0.3, 0.4) is 0 Å². The van der Waals surface area contributed by atoms with Crippen molar-refractivity contribution in [1.82, 2.24) is 10.2 Å². The Kier molecular flexibility index (Phi) is 4.60. The number of nitrogens with one attached hydrogen (secondary N) is 1. The normalized spacial score (nSPS) is 24.0. The van der Waals surface area contributed by atoms with Gasteiger partial charge in [-0.2, -0.15) is 0 Å². The van der Waals surface area contributed by atoms with Crippen LogP contribution < -0.4 is 11.1 Å². The number of esters is 1. The lowest BCUT2D eigenvalue weighted by Gasteiger charge is -2.42. The molecular weight excluding hydrogens is 318 g/mol. The molecule has 3 rings (SSSR count). The fourth-order valence-electron chi connectivity index (χ4n) is 4.00. The van der Waals surface area contributed by atoms with Crippen molar-refractivity contribution in [2.45, 2.75) is 44.8 Å². The van der Waals surface area contributed by atoms with Gasteiger partial charge in [-0.15, -0.1) is 0 Å². The molecule has 1 amide bonds. The highest BCUT2D eigenvalue weighted by molar-refractivity contribution is 5.94. The molecule has 0 saturated carbocycles. The zero-order valence-electron chi connectivity index (χ0n) is 15.2. The molecule has 0 radical (unpaired) electrons. The number of benzene rings is 1. The molecular formula is C19H27N3O3. The van der Waals surface area contributed by atoms with Crippen molar-refractivity contribution in [3.8, 4) is 0 Å². The predicted octanol–water partition coefficient (Wildman–Crippen LogP) is 1.17. The van der Waals surface area contributed by atoms with Crippen LogP contribution in [0.1, 0.15) is 48.7 Å². The third-order valence-electron chi connectivity index (χ3n) is 5.04. The molecule has 0 bridgehead atoms. The Labute approximate surface area is 148 Å². The summed E-state index contributed by atoms with van der Waals surface area (Å²) in [7, 11) is 0. The SMILES string of the molecule is CC(C)(C)OC(=O)c1cccc2c1CCC2(C(N)=O)N1CCNCC1. The number of ether oxygens (including phenoxy) is 1. The minimum Gasteiger partial charge on any atom is -0.456 e. The van der Waals surface area contributed by atoms with E-state index in [4.69, 9.17) is 10.5 Å². The molecule has 1 unspecified atom stereocenters. The van der Waals surface area contributed by atoms with E-state index in [1.165, 1.54) is 0 Å². The average Bonchev–Trinajstić information content (AvgIpc) is 2.94. The maximum Gasteiger partial charge on any atom is 0.338 e. The Morgan fingerprint density at radius 1 is 1.24 bits per heavy atom. The summed E-state index contributed by atoms with van der Waals surface area (Å²) >= 11 is 0. The molecule has 2 aliphatic rings. The van der Waals surface area contributed by atoms with E-state index in [9.17, 15) is 9.59 Å². The zero-order valence-corrected chi connectivity index (χ0v) is 15.2. The van der Waals surface area contributed by atoms with Crippen LogP contribution in [0.2, 0.25) is 0 Å². The van der Waals surface area contributed by atoms with Crippen molar-refractivity contribution in [1.29, 1.82) is 0 Å². The second-order valence-corrected chi connectivity index (χ2v) is 7.80. The standard InChI is InChI=1S/C19H27N3O3/c1-18(2,3)25-16(23)14-5-4-6-15-13(14)7-8-19(15,17(20)24)22-11-9-21-10-12-22/h4-6,21H,7-12H2,1-3H3,(H2,20,24). The van der Waals surface area contributed by atoms with Gasteiger partial charge in [0.1, 0.15) is 11.1 Å². The Bertz CT molecular complexity index is 690. The molecule has 0 aromatic heterocycles. The molecule has 1 aromatic carbocycles. The molecule has 1 aliphatic carbocycles. The monoisotopic (exact) mass is 345 g/mol. The van der Waals surface area contributed by atoms with E-state index in [0.29, 0.717) is 18.4 Å². The van der Waals surface area contributed by atoms with Gasteiger partial charge in [0.2, 0.25) is 5.91 Å². The number of hydrogen-bond acceptors (Lipinski definition) is 5. The minimum absolute atomic E-state index is 0.338. The highest BCUT2D eigenvalue weighted by Crippen LogP contribution is 2.43. The molecule has 1 aliphatic heterocycles. The number of fused-ring (bicyclic) bond motifs is 1. The summed E-state index contributed by atoms with van der Waals surface area (Å²) in [5.74, 6) is -0.681. The lowest BCUT2D eigenvalue weighted by molar-refractivity contribution is -0.131. The molecule has 1 atom stereocenters. The van der Waals surface area contributed by atoms with Crippen LogP contribution in [0.25, 0.3) is 0 Å². The number of nitrogens with two attached hydrogens (primary N) is 1. The number of primary amides is 1. The van der Waals surface area contributed by atoms with Crippen molar-refractivity contribution in [3.05, 3.63) is 34.9 Å². The first-order chi connectivity index (χ1) is 11.8. The molecule has 3 N–H and O–H groups in total. The summed E-state index contributed by atoms with van der Waals surface area (Å²) < 4.78 is 5.54. The summed E-state index contributed by atoms with van der Waals surface area (Å²) in [6.07, 6.45) is 1.26. The summed E-state index contributed by atoms with van der Waals surface area (Å²) in [6, 6.07) is 5.54. The number of nitrogens with zero attached hydrogens (tertiary/aromatic N) is 1. The van der Waals surface area contributed by atoms with E-state index >= 15 is 0 Å². The first-order valence-electron chi connectivity index (χ1n) is 8.87. The lowest BCUT2D eigenvalue weighted by atomic mass is 9.87. The first-order valence-corrected chi connectivity index (χ1v) is 8.87. The smallest absolute Gasteiger partial charge is 0.338 e. The zero-order chi connectivity index (χ0) is 18.2. The topological polar surface area (TPSA) is 84.7 Å². The van der Waals surface area contributed by atoms with Crippen LogP contribution in [0.15, 0.2) is 18.2 Å². The Balaban J connectivity index is 2.03. The van der Waals surface area contributed by atoms with Gasteiger partial charge in [0.05, 0.1) is 5.56 Å². The van der Waals surface area contributed by atoms with Crippen LogP contribution in [-0.2, 0) is 21.5 Å². The molecule has 0 spiro atoms. The molecule has 136 valence electrons. The van der Waals surface area contributed by atoms with Crippen molar-refractivity contribution < 1.29 is 14.3 Å². The van der Waals surface area contributed by atoms with Crippen LogP contribution in [-0.4, -0.2) is 48.6 Å². The van der Waals surface area contributed by atoms with Crippen LogP contribution >= 0.6 is 0 Å². The largest absolute Gasteiger partial charge is 0.456 e. The van der Waals surface area contributed by atoms with Gasteiger partial charge in [-0.3, -0.25) is 9.69 Å². The molecule has 1 fully saturated rings. The van der Waals surface area contributed by atoms with Crippen molar-refractivity contribution in [3.63, 3.8) is 0 Å². The molecule has 1 aromatic rings. The maximum atomic E-state index is 12.6. The third-order valence-corrected chi connectivity index (χ3v) is 5.04. The first kappa shape index (κ1) is 17.9. The van der Waals surface area contributed by atoms with Crippen LogP contribution in [0, 0.1) is 0 Å². The van der Waals surface area contributed by atoms with Gasteiger partial charge in [-0.05, 0) is 50.8 Å². The van der Waals surface area contributed by atoms with Crippen molar-refractivity contribution in [2.75, 3.05) is 26.2 Å². The van der Waals surface area contributed by atoms with Gasteiger partial charge in [-0.1, -0.05) is 12.1 Å². The van der Waals surface area contributed by atoms with Crippen molar-refractivity contribution in [2.24, 2.45) is 5.73 Å².